The molecule has 1 heterocycles. The fourth-order valence-electron chi connectivity index (χ4n) is 3.22. The summed E-state index contributed by atoms with van der Waals surface area (Å²) in [6, 6.07) is 23.5. The molecule has 0 radical (unpaired) electrons. The van der Waals surface area contributed by atoms with Gasteiger partial charge in [0, 0.05) is 23.2 Å². The number of nitrogens with one attached hydrogen (secondary N) is 1. The van der Waals surface area contributed by atoms with E-state index in [0.717, 1.165) is 33.5 Å². The average molecular weight is 404 g/mol. The monoisotopic (exact) mass is 403 g/mol. The molecule has 1 aromatic heterocycles. The van der Waals surface area contributed by atoms with Gasteiger partial charge in [0.15, 0.2) is 0 Å². The Labute approximate surface area is 172 Å². The first-order valence-electron chi connectivity index (χ1n) is 9.06. The van der Waals surface area contributed by atoms with Crippen LogP contribution in [0.5, 0.6) is 0 Å². The molecular weight excluding hydrogens is 386 g/mol. The van der Waals surface area contributed by atoms with Gasteiger partial charge in [-0.3, -0.25) is 10.0 Å². The number of carbonyl (C=O) groups is 1. The van der Waals surface area contributed by atoms with Crippen molar-refractivity contribution >= 4 is 34.6 Å². The first-order chi connectivity index (χ1) is 14.1. The van der Waals surface area contributed by atoms with Gasteiger partial charge in [-0.05, 0) is 47.5 Å². The highest BCUT2D eigenvalue weighted by molar-refractivity contribution is 6.30. The Hall–Kier alpha value is -3.41. The van der Waals surface area contributed by atoms with E-state index in [0.29, 0.717) is 11.6 Å². The Morgan fingerprint density at radius 1 is 1.07 bits per heavy atom. The maximum atomic E-state index is 11.3. The number of rotatable bonds is 5. The van der Waals surface area contributed by atoms with Gasteiger partial charge in [-0.25, -0.2) is 10.5 Å². The molecule has 0 aliphatic carbocycles. The van der Waals surface area contributed by atoms with E-state index in [1.54, 1.807) is 11.6 Å². The lowest BCUT2D eigenvalue weighted by molar-refractivity contribution is -0.124. The molecule has 29 heavy (non-hydrogen) atoms. The number of para-hydroxylation sites is 2. The van der Waals surface area contributed by atoms with Gasteiger partial charge in [0.05, 0.1) is 11.0 Å². The minimum Gasteiger partial charge on any atom is -0.319 e. The molecule has 0 spiro atoms. The van der Waals surface area contributed by atoms with Crippen molar-refractivity contribution in [3.8, 4) is 11.4 Å². The molecule has 0 aliphatic rings. The second-order valence-electron chi connectivity index (χ2n) is 6.57. The topological polar surface area (TPSA) is 67.2 Å². The van der Waals surface area contributed by atoms with E-state index in [2.05, 4.69) is 10.6 Å². The van der Waals surface area contributed by atoms with Gasteiger partial charge in [0.25, 0.3) is 5.91 Å². The van der Waals surface area contributed by atoms with Crippen molar-refractivity contribution in [2.75, 3.05) is 0 Å². The normalized spacial score (nSPS) is 11.2. The van der Waals surface area contributed by atoms with Gasteiger partial charge >= 0.3 is 0 Å². The first kappa shape index (κ1) is 18.9. The van der Waals surface area contributed by atoms with Crippen molar-refractivity contribution in [3.05, 3.63) is 95.0 Å². The number of hydrogen-bond acceptors (Lipinski definition) is 3. The Morgan fingerprint density at radius 2 is 1.86 bits per heavy atom. The summed E-state index contributed by atoms with van der Waals surface area (Å²) < 4.78 is 2.17. The van der Waals surface area contributed by atoms with Crippen LogP contribution in [0, 0.1) is 0 Å². The van der Waals surface area contributed by atoms with Gasteiger partial charge in [-0.1, -0.05) is 54.1 Å². The lowest BCUT2D eigenvalue weighted by Gasteiger charge is -2.10. The molecule has 0 saturated heterocycles. The van der Waals surface area contributed by atoms with Crippen molar-refractivity contribution in [1.29, 1.82) is 0 Å². The van der Waals surface area contributed by atoms with E-state index < -0.39 is 5.91 Å². The zero-order valence-corrected chi connectivity index (χ0v) is 16.2. The number of fused-ring (bicyclic) bond motifs is 1. The van der Waals surface area contributed by atoms with Crippen molar-refractivity contribution in [2.24, 2.45) is 0 Å². The molecule has 5 nitrogen and oxygen atoms in total. The zero-order chi connectivity index (χ0) is 20.2. The van der Waals surface area contributed by atoms with Gasteiger partial charge in [-0.2, -0.15) is 0 Å². The molecule has 1 amide bonds. The Kier molecular flexibility index (Phi) is 5.42. The molecule has 0 fully saturated rings. The third-order valence-electron chi connectivity index (χ3n) is 4.59. The number of imidazole rings is 1. The predicted octanol–water partition coefficient (Wildman–Crippen LogP) is 4.92. The van der Waals surface area contributed by atoms with E-state index in [1.165, 1.54) is 6.08 Å². The van der Waals surface area contributed by atoms with E-state index in [9.17, 15) is 4.79 Å². The first-order valence-corrected chi connectivity index (χ1v) is 9.44. The molecule has 2 N–H and O–H groups in total. The SMILES string of the molecule is O=C(/C=C/c1cccc(-c2nc3ccccc3n2Cc2ccc(Cl)cc2)c1)NO. The minimum atomic E-state index is -0.578. The summed E-state index contributed by atoms with van der Waals surface area (Å²) in [5.41, 5.74) is 6.42. The number of benzene rings is 3. The van der Waals surface area contributed by atoms with Crippen LogP contribution in [0.15, 0.2) is 78.9 Å². The lowest BCUT2D eigenvalue weighted by atomic mass is 10.1. The van der Waals surface area contributed by atoms with Crippen LogP contribution < -0.4 is 5.48 Å². The molecule has 144 valence electrons. The highest BCUT2D eigenvalue weighted by atomic mass is 35.5. The summed E-state index contributed by atoms with van der Waals surface area (Å²) in [7, 11) is 0. The summed E-state index contributed by atoms with van der Waals surface area (Å²) >= 11 is 6.03. The Bertz CT molecular complexity index is 1200. The highest BCUT2D eigenvalue weighted by Gasteiger charge is 2.13. The van der Waals surface area contributed by atoms with E-state index in [4.69, 9.17) is 21.8 Å². The largest absolute Gasteiger partial charge is 0.319 e. The van der Waals surface area contributed by atoms with Crippen LogP contribution in [-0.2, 0) is 11.3 Å². The van der Waals surface area contributed by atoms with Crippen LogP contribution in [0.3, 0.4) is 0 Å². The highest BCUT2D eigenvalue weighted by Crippen LogP contribution is 2.27. The third kappa shape index (κ3) is 4.21. The summed E-state index contributed by atoms with van der Waals surface area (Å²) in [6.07, 6.45) is 2.91. The van der Waals surface area contributed by atoms with Gasteiger partial charge < -0.3 is 4.57 Å². The fourth-order valence-corrected chi connectivity index (χ4v) is 3.34. The van der Waals surface area contributed by atoms with Crippen LogP contribution in [0.1, 0.15) is 11.1 Å². The Morgan fingerprint density at radius 3 is 2.66 bits per heavy atom. The quantitative estimate of drug-likeness (QED) is 0.282. The number of hydrogen-bond donors (Lipinski definition) is 2. The third-order valence-corrected chi connectivity index (χ3v) is 4.84. The van der Waals surface area contributed by atoms with Crippen LogP contribution in [-0.4, -0.2) is 20.7 Å². The number of carbonyl (C=O) groups excluding carboxylic acids is 1. The molecule has 3 aromatic carbocycles. The van der Waals surface area contributed by atoms with Crippen LogP contribution in [0.2, 0.25) is 5.02 Å². The molecule has 0 saturated carbocycles. The molecule has 0 bridgehead atoms. The summed E-state index contributed by atoms with van der Waals surface area (Å²) in [5.74, 6) is 0.258. The van der Waals surface area contributed by atoms with Gasteiger partial charge in [0.2, 0.25) is 0 Å². The Balaban J connectivity index is 1.78. The predicted molar refractivity (Wildman–Crippen MR) is 115 cm³/mol. The molecule has 0 aliphatic heterocycles. The van der Waals surface area contributed by atoms with Gasteiger partial charge in [0.1, 0.15) is 5.82 Å². The lowest BCUT2D eigenvalue weighted by Crippen LogP contribution is -2.14. The van der Waals surface area contributed by atoms with Crippen molar-refractivity contribution in [1.82, 2.24) is 15.0 Å². The standard InChI is InChI=1S/C23H18ClN3O2/c24-19-11-8-17(9-12-19)15-27-21-7-2-1-6-20(21)25-23(27)18-5-3-4-16(14-18)10-13-22(28)26-29/h1-14,29H,15H2,(H,26,28)/b13-10+. The summed E-state index contributed by atoms with van der Waals surface area (Å²) in [4.78, 5) is 16.1. The maximum Gasteiger partial charge on any atom is 0.267 e. The van der Waals surface area contributed by atoms with Gasteiger partial charge in [-0.15, -0.1) is 0 Å². The average Bonchev–Trinajstić information content (AvgIpc) is 3.12. The number of hydroxylamine groups is 1. The number of nitrogens with zero attached hydrogens (tertiary/aromatic N) is 2. The number of halogens is 1. The van der Waals surface area contributed by atoms with Crippen LogP contribution in [0.4, 0.5) is 0 Å². The summed E-state index contributed by atoms with van der Waals surface area (Å²) in [5, 5.41) is 9.35. The fraction of sp³-hybridized carbons (Fsp3) is 0.0435. The van der Waals surface area contributed by atoms with E-state index in [-0.39, 0.29) is 0 Å². The number of amides is 1. The smallest absolute Gasteiger partial charge is 0.267 e. The van der Waals surface area contributed by atoms with E-state index in [1.807, 2.05) is 66.7 Å². The zero-order valence-electron chi connectivity index (χ0n) is 15.4. The van der Waals surface area contributed by atoms with Crippen molar-refractivity contribution < 1.29 is 10.0 Å². The number of aromatic nitrogens is 2. The molecular formula is C23H18ClN3O2. The maximum absolute atomic E-state index is 11.3. The minimum absolute atomic E-state index is 0.578. The second kappa shape index (κ2) is 8.31. The second-order valence-corrected chi connectivity index (χ2v) is 7.01. The van der Waals surface area contributed by atoms with Crippen molar-refractivity contribution in [3.63, 3.8) is 0 Å². The summed E-state index contributed by atoms with van der Waals surface area (Å²) in [6.45, 7) is 0.653. The van der Waals surface area contributed by atoms with Crippen LogP contribution in [0.25, 0.3) is 28.5 Å². The van der Waals surface area contributed by atoms with Crippen molar-refractivity contribution in [2.45, 2.75) is 6.54 Å². The molecule has 4 rings (SSSR count). The molecule has 0 unspecified atom stereocenters. The van der Waals surface area contributed by atoms with Crippen LogP contribution >= 0.6 is 11.6 Å². The molecule has 6 heteroatoms. The molecule has 0 atom stereocenters. The van der Waals surface area contributed by atoms with E-state index >= 15 is 0 Å². The molecule has 4 aromatic rings.